The van der Waals surface area contributed by atoms with Crippen molar-refractivity contribution in [3.05, 3.63) is 23.8 Å². The van der Waals surface area contributed by atoms with E-state index >= 15 is 0 Å². The molecule has 5 nitrogen and oxygen atoms in total. The molecule has 5 heteroatoms. The summed E-state index contributed by atoms with van der Waals surface area (Å²) in [5, 5.41) is 3.08. The molecule has 21 heavy (non-hydrogen) atoms. The van der Waals surface area contributed by atoms with Crippen LogP contribution in [-0.4, -0.2) is 30.9 Å². The Morgan fingerprint density at radius 1 is 1.19 bits per heavy atom. The van der Waals surface area contributed by atoms with Gasteiger partial charge in [0.15, 0.2) is 11.5 Å². The lowest BCUT2D eigenvalue weighted by molar-refractivity contribution is 0.00988. The SMILES string of the molecule is O=C(N[C@@H]1COC2(CCCC2)C1)c1ccc2c(c1)OCO2. The molecule has 1 amide bonds. The van der Waals surface area contributed by atoms with Gasteiger partial charge in [-0.2, -0.15) is 0 Å². The van der Waals surface area contributed by atoms with Crippen molar-refractivity contribution >= 4 is 5.91 Å². The molecular weight excluding hydrogens is 270 g/mol. The average Bonchev–Trinajstić information content (AvgIpc) is 3.21. The third kappa shape index (κ3) is 2.35. The first kappa shape index (κ1) is 13.0. The van der Waals surface area contributed by atoms with Gasteiger partial charge in [0.25, 0.3) is 5.91 Å². The van der Waals surface area contributed by atoms with Crippen LogP contribution in [-0.2, 0) is 4.74 Å². The van der Waals surface area contributed by atoms with E-state index in [0.29, 0.717) is 23.7 Å². The molecular formula is C16H19NO4. The number of hydrogen-bond acceptors (Lipinski definition) is 4. The minimum Gasteiger partial charge on any atom is -0.454 e. The number of rotatable bonds is 2. The molecule has 1 atom stereocenters. The molecule has 1 N–H and O–H groups in total. The third-order valence-corrected chi connectivity index (χ3v) is 4.69. The van der Waals surface area contributed by atoms with Crippen molar-refractivity contribution in [1.82, 2.24) is 5.32 Å². The summed E-state index contributed by atoms with van der Waals surface area (Å²) in [6.07, 6.45) is 5.67. The van der Waals surface area contributed by atoms with E-state index in [0.717, 1.165) is 19.3 Å². The van der Waals surface area contributed by atoms with Crippen LogP contribution in [0.15, 0.2) is 18.2 Å². The maximum absolute atomic E-state index is 12.3. The summed E-state index contributed by atoms with van der Waals surface area (Å²) >= 11 is 0. The number of nitrogens with one attached hydrogen (secondary N) is 1. The summed E-state index contributed by atoms with van der Waals surface area (Å²) in [5.74, 6) is 1.26. The Morgan fingerprint density at radius 3 is 2.86 bits per heavy atom. The Balaban J connectivity index is 1.42. The molecule has 1 aromatic carbocycles. The summed E-state index contributed by atoms with van der Waals surface area (Å²) in [7, 11) is 0. The molecule has 3 aliphatic rings. The maximum Gasteiger partial charge on any atom is 0.251 e. The Kier molecular flexibility index (Phi) is 3.03. The minimum absolute atomic E-state index is 0.0346. The lowest BCUT2D eigenvalue weighted by Crippen LogP contribution is -2.36. The van der Waals surface area contributed by atoms with Crippen LogP contribution in [0.1, 0.15) is 42.5 Å². The van der Waals surface area contributed by atoms with Crippen molar-refractivity contribution in [3.63, 3.8) is 0 Å². The Hall–Kier alpha value is -1.75. The van der Waals surface area contributed by atoms with E-state index in [4.69, 9.17) is 14.2 Å². The highest BCUT2D eigenvalue weighted by Gasteiger charge is 2.42. The number of carbonyl (C=O) groups excluding carboxylic acids is 1. The van der Waals surface area contributed by atoms with Crippen molar-refractivity contribution in [2.75, 3.05) is 13.4 Å². The van der Waals surface area contributed by atoms with Gasteiger partial charge in [-0.25, -0.2) is 0 Å². The fraction of sp³-hybridized carbons (Fsp3) is 0.562. The number of benzene rings is 1. The van der Waals surface area contributed by atoms with Gasteiger partial charge in [-0.15, -0.1) is 0 Å². The number of ether oxygens (including phenoxy) is 3. The average molecular weight is 289 g/mol. The van der Waals surface area contributed by atoms with Crippen LogP contribution in [0, 0.1) is 0 Å². The third-order valence-electron chi connectivity index (χ3n) is 4.69. The Bertz CT molecular complexity index is 565. The fourth-order valence-corrected chi connectivity index (χ4v) is 3.61. The minimum atomic E-state index is -0.0723. The smallest absolute Gasteiger partial charge is 0.251 e. The predicted octanol–water partition coefficient (Wildman–Crippen LogP) is 2.25. The summed E-state index contributed by atoms with van der Waals surface area (Å²) in [5.41, 5.74) is 0.638. The van der Waals surface area contributed by atoms with Crippen molar-refractivity contribution < 1.29 is 19.0 Å². The zero-order valence-corrected chi connectivity index (χ0v) is 11.9. The molecule has 112 valence electrons. The first-order chi connectivity index (χ1) is 10.2. The number of amides is 1. The van der Waals surface area contributed by atoms with Crippen LogP contribution in [0.2, 0.25) is 0 Å². The first-order valence-electron chi connectivity index (χ1n) is 7.59. The molecule has 1 aromatic rings. The van der Waals surface area contributed by atoms with E-state index in [1.807, 2.05) is 0 Å². The molecule has 2 fully saturated rings. The Labute approximate surface area is 123 Å². The van der Waals surface area contributed by atoms with Crippen molar-refractivity contribution in [2.24, 2.45) is 0 Å². The van der Waals surface area contributed by atoms with E-state index < -0.39 is 0 Å². The van der Waals surface area contributed by atoms with Gasteiger partial charge in [0.1, 0.15) is 0 Å². The van der Waals surface area contributed by atoms with Gasteiger partial charge < -0.3 is 19.5 Å². The molecule has 2 aliphatic heterocycles. The van der Waals surface area contributed by atoms with Crippen LogP contribution in [0.4, 0.5) is 0 Å². The van der Waals surface area contributed by atoms with Crippen LogP contribution in [0.25, 0.3) is 0 Å². The van der Waals surface area contributed by atoms with Gasteiger partial charge in [0, 0.05) is 5.56 Å². The van der Waals surface area contributed by atoms with Crippen molar-refractivity contribution in [2.45, 2.75) is 43.7 Å². The summed E-state index contributed by atoms with van der Waals surface area (Å²) in [4.78, 5) is 12.3. The van der Waals surface area contributed by atoms with E-state index in [1.54, 1.807) is 18.2 Å². The van der Waals surface area contributed by atoms with Gasteiger partial charge in [0.05, 0.1) is 18.2 Å². The van der Waals surface area contributed by atoms with E-state index in [-0.39, 0.29) is 24.3 Å². The highest BCUT2D eigenvalue weighted by molar-refractivity contribution is 5.95. The van der Waals surface area contributed by atoms with E-state index in [9.17, 15) is 4.79 Å². The van der Waals surface area contributed by atoms with E-state index in [2.05, 4.69) is 5.32 Å². The van der Waals surface area contributed by atoms with Crippen LogP contribution in [0.5, 0.6) is 11.5 Å². The first-order valence-corrected chi connectivity index (χ1v) is 7.59. The van der Waals surface area contributed by atoms with Gasteiger partial charge >= 0.3 is 0 Å². The summed E-state index contributed by atoms with van der Waals surface area (Å²) in [6.45, 7) is 0.843. The fourth-order valence-electron chi connectivity index (χ4n) is 3.61. The number of hydrogen-bond donors (Lipinski definition) is 1. The number of carbonyl (C=O) groups is 1. The van der Waals surface area contributed by atoms with Gasteiger partial charge in [-0.3, -0.25) is 4.79 Å². The topological polar surface area (TPSA) is 56.8 Å². The second-order valence-electron chi connectivity index (χ2n) is 6.14. The molecule has 1 saturated heterocycles. The molecule has 0 aromatic heterocycles. The van der Waals surface area contributed by atoms with Gasteiger partial charge in [0.2, 0.25) is 6.79 Å². The van der Waals surface area contributed by atoms with Gasteiger partial charge in [-0.1, -0.05) is 12.8 Å². The number of fused-ring (bicyclic) bond motifs is 1. The molecule has 1 aliphatic carbocycles. The molecule has 1 spiro atoms. The summed E-state index contributed by atoms with van der Waals surface area (Å²) < 4.78 is 16.5. The second kappa shape index (κ2) is 4.91. The zero-order valence-electron chi connectivity index (χ0n) is 11.9. The molecule has 2 heterocycles. The largest absolute Gasteiger partial charge is 0.454 e. The molecule has 0 radical (unpaired) electrons. The zero-order chi connectivity index (χ0) is 14.3. The predicted molar refractivity (Wildman–Crippen MR) is 75.6 cm³/mol. The van der Waals surface area contributed by atoms with Crippen molar-refractivity contribution in [1.29, 1.82) is 0 Å². The summed E-state index contributed by atoms with van der Waals surface area (Å²) in [6, 6.07) is 5.39. The van der Waals surface area contributed by atoms with Crippen LogP contribution >= 0.6 is 0 Å². The van der Waals surface area contributed by atoms with Crippen LogP contribution in [0.3, 0.4) is 0 Å². The Morgan fingerprint density at radius 2 is 2.00 bits per heavy atom. The quantitative estimate of drug-likeness (QED) is 0.907. The van der Waals surface area contributed by atoms with Gasteiger partial charge in [-0.05, 0) is 37.5 Å². The lowest BCUT2D eigenvalue weighted by atomic mass is 9.96. The second-order valence-corrected chi connectivity index (χ2v) is 6.14. The molecule has 4 rings (SSSR count). The van der Waals surface area contributed by atoms with Crippen molar-refractivity contribution in [3.8, 4) is 11.5 Å². The highest BCUT2D eigenvalue weighted by Crippen LogP contribution is 2.41. The van der Waals surface area contributed by atoms with E-state index in [1.165, 1.54) is 12.8 Å². The highest BCUT2D eigenvalue weighted by atomic mass is 16.7. The monoisotopic (exact) mass is 289 g/mol. The maximum atomic E-state index is 12.3. The molecule has 0 unspecified atom stereocenters. The molecule has 1 saturated carbocycles. The molecule has 0 bridgehead atoms. The van der Waals surface area contributed by atoms with Crippen LogP contribution < -0.4 is 14.8 Å². The lowest BCUT2D eigenvalue weighted by Gasteiger charge is -2.21. The normalized spacial score (nSPS) is 25.4. The standard InChI is InChI=1S/C16H19NO4/c18-15(11-3-4-13-14(7-11)20-10-19-13)17-12-8-16(21-9-12)5-1-2-6-16/h3-4,7,12H,1-2,5-6,8-10H2,(H,17,18)/t12-/m0/s1.